The van der Waals surface area contributed by atoms with Crippen LogP contribution in [-0.4, -0.2) is 15.9 Å². The summed E-state index contributed by atoms with van der Waals surface area (Å²) < 4.78 is 1.09. The molecule has 5 rings (SSSR count). The van der Waals surface area contributed by atoms with Crippen molar-refractivity contribution in [2.45, 2.75) is 26.3 Å². The van der Waals surface area contributed by atoms with Crippen molar-refractivity contribution in [3.05, 3.63) is 114 Å². The number of aromatic nitrogens is 2. The van der Waals surface area contributed by atoms with E-state index in [1.165, 1.54) is 5.56 Å². The van der Waals surface area contributed by atoms with Crippen molar-refractivity contribution in [2.75, 3.05) is 4.90 Å². The Bertz CT molecular complexity index is 1410. The molecular formula is C29H25N3OS. The second-order valence-corrected chi connectivity index (χ2v) is 9.55. The normalized spacial score (nSPS) is 11.1. The third-order valence-electron chi connectivity index (χ3n) is 5.84. The van der Waals surface area contributed by atoms with E-state index in [2.05, 4.69) is 49.2 Å². The van der Waals surface area contributed by atoms with Gasteiger partial charge in [0.1, 0.15) is 0 Å². The van der Waals surface area contributed by atoms with E-state index in [1.54, 1.807) is 28.6 Å². The van der Waals surface area contributed by atoms with Crippen molar-refractivity contribution in [3.8, 4) is 11.1 Å². The molecule has 2 aromatic heterocycles. The zero-order valence-electron chi connectivity index (χ0n) is 19.2. The summed E-state index contributed by atoms with van der Waals surface area (Å²) in [7, 11) is 0. The highest BCUT2D eigenvalue weighted by atomic mass is 32.1. The van der Waals surface area contributed by atoms with Crippen LogP contribution in [0.5, 0.6) is 0 Å². The van der Waals surface area contributed by atoms with Gasteiger partial charge in [-0.15, -0.1) is 0 Å². The lowest BCUT2D eigenvalue weighted by Crippen LogP contribution is -2.30. The molecule has 4 nitrogen and oxygen atoms in total. The number of thiazole rings is 1. The summed E-state index contributed by atoms with van der Waals surface area (Å²) in [6.45, 7) is 4.74. The molecule has 0 radical (unpaired) electrons. The summed E-state index contributed by atoms with van der Waals surface area (Å²) in [6.07, 6.45) is 3.54. The van der Waals surface area contributed by atoms with Crippen molar-refractivity contribution in [1.82, 2.24) is 9.97 Å². The molecule has 0 spiro atoms. The molecule has 3 aromatic carbocycles. The van der Waals surface area contributed by atoms with Gasteiger partial charge in [-0.25, -0.2) is 4.98 Å². The highest BCUT2D eigenvalue weighted by molar-refractivity contribution is 7.22. The van der Waals surface area contributed by atoms with E-state index in [-0.39, 0.29) is 5.91 Å². The second kappa shape index (κ2) is 9.57. The Morgan fingerprint density at radius 1 is 0.882 bits per heavy atom. The first-order chi connectivity index (χ1) is 16.6. The number of carbonyl (C=O) groups excluding carboxylic acids is 1. The highest BCUT2D eigenvalue weighted by Gasteiger charge is 2.23. The average molecular weight is 464 g/mol. The number of rotatable bonds is 6. The molecule has 0 atom stereocenters. The maximum atomic E-state index is 13.8. The number of carbonyl (C=O) groups is 1. The number of para-hydroxylation sites is 1. The van der Waals surface area contributed by atoms with Crippen molar-refractivity contribution in [2.24, 2.45) is 0 Å². The van der Waals surface area contributed by atoms with E-state index < -0.39 is 0 Å². The molecule has 0 bridgehead atoms. The van der Waals surface area contributed by atoms with Gasteiger partial charge in [-0.05, 0) is 52.4 Å². The minimum absolute atomic E-state index is 0.0754. The standard InChI is InChI=1S/C29H25N3OS/c1-20(2)25-11-6-12-26-27(25)31-29(34-26)32(19-21-8-7-17-30-18-21)28(33)24-15-13-23(14-16-24)22-9-4-3-5-10-22/h3-18,20H,19H2,1-2H3. The van der Waals surface area contributed by atoms with Crippen LogP contribution in [0.2, 0.25) is 0 Å². The smallest absolute Gasteiger partial charge is 0.260 e. The van der Waals surface area contributed by atoms with Crippen LogP contribution in [0, 0.1) is 0 Å². The predicted octanol–water partition coefficient (Wildman–Crippen LogP) is 7.33. The van der Waals surface area contributed by atoms with Crippen LogP contribution < -0.4 is 4.90 Å². The SMILES string of the molecule is CC(C)c1cccc2sc(N(Cc3cccnc3)C(=O)c3ccc(-c4ccccc4)cc3)nc12. The monoisotopic (exact) mass is 463 g/mol. The number of hydrogen-bond acceptors (Lipinski definition) is 4. The Morgan fingerprint density at radius 2 is 1.65 bits per heavy atom. The minimum atomic E-state index is -0.0754. The summed E-state index contributed by atoms with van der Waals surface area (Å²) in [6, 6.07) is 28.1. The van der Waals surface area contributed by atoms with E-state index in [0.717, 1.165) is 26.9 Å². The molecule has 168 valence electrons. The fraction of sp³-hybridized carbons (Fsp3) is 0.138. The Labute approximate surface area is 203 Å². The molecule has 0 aliphatic carbocycles. The number of fused-ring (bicyclic) bond motifs is 1. The van der Waals surface area contributed by atoms with Crippen LogP contribution in [0.1, 0.15) is 41.3 Å². The zero-order chi connectivity index (χ0) is 23.5. The van der Waals surface area contributed by atoms with Crippen molar-refractivity contribution >= 4 is 32.6 Å². The van der Waals surface area contributed by atoms with Gasteiger partial charge in [0, 0.05) is 18.0 Å². The molecule has 5 heteroatoms. The van der Waals surface area contributed by atoms with Crippen LogP contribution in [-0.2, 0) is 6.54 Å². The van der Waals surface area contributed by atoms with E-state index in [1.807, 2.05) is 54.6 Å². The molecular weight excluding hydrogens is 438 g/mol. The van der Waals surface area contributed by atoms with Gasteiger partial charge in [-0.2, -0.15) is 0 Å². The Kier molecular flexibility index (Phi) is 6.19. The highest BCUT2D eigenvalue weighted by Crippen LogP contribution is 2.35. The number of nitrogens with zero attached hydrogens (tertiary/aromatic N) is 3. The fourth-order valence-electron chi connectivity index (χ4n) is 4.03. The largest absolute Gasteiger partial charge is 0.279 e. The van der Waals surface area contributed by atoms with Crippen LogP contribution >= 0.6 is 11.3 Å². The Morgan fingerprint density at radius 3 is 2.35 bits per heavy atom. The lowest BCUT2D eigenvalue weighted by Gasteiger charge is -2.20. The quantitative estimate of drug-likeness (QED) is 0.265. The maximum absolute atomic E-state index is 13.8. The number of pyridine rings is 1. The van der Waals surface area contributed by atoms with Crippen LogP contribution in [0.25, 0.3) is 21.3 Å². The zero-order valence-corrected chi connectivity index (χ0v) is 20.0. The van der Waals surface area contributed by atoms with Crippen molar-refractivity contribution < 1.29 is 4.79 Å². The van der Waals surface area contributed by atoms with Crippen molar-refractivity contribution in [3.63, 3.8) is 0 Å². The van der Waals surface area contributed by atoms with E-state index in [4.69, 9.17) is 4.98 Å². The molecule has 0 saturated heterocycles. The number of benzene rings is 3. The molecule has 0 aliphatic rings. The number of anilines is 1. The minimum Gasteiger partial charge on any atom is -0.279 e. The van der Waals surface area contributed by atoms with Crippen molar-refractivity contribution in [1.29, 1.82) is 0 Å². The van der Waals surface area contributed by atoms with Crippen LogP contribution in [0.15, 0.2) is 97.3 Å². The van der Waals surface area contributed by atoms with Gasteiger partial charge in [-0.1, -0.05) is 85.8 Å². The molecule has 1 amide bonds. The topological polar surface area (TPSA) is 46.1 Å². The molecule has 0 N–H and O–H groups in total. The van der Waals surface area contributed by atoms with E-state index >= 15 is 0 Å². The molecule has 0 aliphatic heterocycles. The van der Waals surface area contributed by atoms with Gasteiger partial charge in [0.25, 0.3) is 5.91 Å². The first kappa shape index (κ1) is 22.0. The molecule has 0 unspecified atom stereocenters. The summed E-state index contributed by atoms with van der Waals surface area (Å²) in [4.78, 5) is 24.7. The fourth-order valence-corrected chi connectivity index (χ4v) is 5.03. The van der Waals surface area contributed by atoms with Gasteiger partial charge >= 0.3 is 0 Å². The lowest BCUT2D eigenvalue weighted by atomic mass is 10.0. The average Bonchev–Trinajstić information content (AvgIpc) is 3.32. The Hall–Kier alpha value is -3.83. The maximum Gasteiger partial charge on any atom is 0.260 e. The summed E-state index contributed by atoms with van der Waals surface area (Å²) in [5, 5.41) is 0.698. The lowest BCUT2D eigenvalue weighted by molar-refractivity contribution is 0.0985. The molecule has 0 saturated carbocycles. The van der Waals surface area contributed by atoms with Gasteiger partial charge in [-0.3, -0.25) is 14.7 Å². The third-order valence-corrected chi connectivity index (χ3v) is 6.88. The first-order valence-corrected chi connectivity index (χ1v) is 12.2. The van der Waals surface area contributed by atoms with E-state index in [9.17, 15) is 4.79 Å². The Balaban J connectivity index is 1.53. The number of hydrogen-bond donors (Lipinski definition) is 0. The molecule has 2 heterocycles. The van der Waals surface area contributed by atoms with Gasteiger partial charge in [0.05, 0.1) is 16.8 Å². The van der Waals surface area contributed by atoms with Gasteiger partial charge in [0.15, 0.2) is 5.13 Å². The van der Waals surface area contributed by atoms with Crippen LogP contribution in [0.3, 0.4) is 0 Å². The molecule has 34 heavy (non-hydrogen) atoms. The first-order valence-electron chi connectivity index (χ1n) is 11.4. The molecule has 5 aromatic rings. The summed E-state index contributed by atoms with van der Waals surface area (Å²) in [5.74, 6) is 0.278. The third kappa shape index (κ3) is 4.47. The second-order valence-electron chi connectivity index (χ2n) is 8.54. The predicted molar refractivity (Wildman–Crippen MR) is 140 cm³/mol. The van der Waals surface area contributed by atoms with Gasteiger partial charge < -0.3 is 0 Å². The van der Waals surface area contributed by atoms with Gasteiger partial charge in [0.2, 0.25) is 0 Å². The van der Waals surface area contributed by atoms with Crippen LogP contribution in [0.4, 0.5) is 5.13 Å². The number of amides is 1. The molecule has 0 fully saturated rings. The summed E-state index contributed by atoms with van der Waals surface area (Å²) in [5.41, 5.74) is 5.97. The van der Waals surface area contributed by atoms with E-state index in [0.29, 0.717) is 23.2 Å². The summed E-state index contributed by atoms with van der Waals surface area (Å²) >= 11 is 1.55.